The van der Waals surface area contributed by atoms with Crippen LogP contribution in [0.5, 0.6) is 0 Å². The standard InChI is InChI=1S/C17H27N3O/c1-4-5-6-19-7-9-20(10-8-19)17(21)18-16-12-14(2)11-15(3)13-16/h11-13H,4-10H2,1-3H3,(H,18,21). The summed E-state index contributed by atoms with van der Waals surface area (Å²) >= 11 is 0. The lowest BCUT2D eigenvalue weighted by atomic mass is 10.1. The first kappa shape index (κ1) is 15.8. The van der Waals surface area contributed by atoms with Crippen LogP contribution in [-0.2, 0) is 0 Å². The highest BCUT2D eigenvalue weighted by Crippen LogP contribution is 2.15. The normalized spacial score (nSPS) is 16.0. The second kappa shape index (κ2) is 7.46. The smallest absolute Gasteiger partial charge is 0.321 e. The summed E-state index contributed by atoms with van der Waals surface area (Å²) in [6, 6.07) is 6.17. The number of rotatable bonds is 4. The molecule has 0 aliphatic carbocycles. The summed E-state index contributed by atoms with van der Waals surface area (Å²) in [6.45, 7) is 11.1. The number of amides is 2. The lowest BCUT2D eigenvalue weighted by Crippen LogP contribution is -2.50. The Morgan fingerprint density at radius 3 is 2.29 bits per heavy atom. The quantitative estimate of drug-likeness (QED) is 0.923. The van der Waals surface area contributed by atoms with E-state index in [1.807, 2.05) is 17.0 Å². The van der Waals surface area contributed by atoms with Crippen LogP contribution in [0.3, 0.4) is 0 Å². The van der Waals surface area contributed by atoms with Crippen molar-refractivity contribution in [3.05, 3.63) is 29.3 Å². The fraction of sp³-hybridized carbons (Fsp3) is 0.588. The van der Waals surface area contributed by atoms with Gasteiger partial charge < -0.3 is 10.2 Å². The minimum atomic E-state index is 0.0233. The van der Waals surface area contributed by atoms with Crippen molar-refractivity contribution in [1.29, 1.82) is 0 Å². The predicted molar refractivity (Wildman–Crippen MR) is 87.9 cm³/mol. The fourth-order valence-corrected chi connectivity index (χ4v) is 2.81. The van der Waals surface area contributed by atoms with E-state index in [1.165, 1.54) is 24.0 Å². The number of urea groups is 1. The second-order valence-electron chi connectivity index (χ2n) is 5.99. The summed E-state index contributed by atoms with van der Waals surface area (Å²) in [5, 5.41) is 3.02. The lowest BCUT2D eigenvalue weighted by Gasteiger charge is -2.34. The van der Waals surface area contributed by atoms with Crippen LogP contribution in [-0.4, -0.2) is 48.6 Å². The molecule has 1 aromatic carbocycles. The van der Waals surface area contributed by atoms with Crippen molar-refractivity contribution >= 4 is 11.7 Å². The number of anilines is 1. The Bertz CT molecular complexity index is 459. The Morgan fingerprint density at radius 1 is 1.10 bits per heavy atom. The first-order valence-electron chi connectivity index (χ1n) is 7.95. The molecule has 1 heterocycles. The third-order valence-corrected chi connectivity index (χ3v) is 3.96. The molecular formula is C17H27N3O. The lowest BCUT2D eigenvalue weighted by molar-refractivity contribution is 0.146. The molecule has 4 nitrogen and oxygen atoms in total. The molecule has 0 saturated carbocycles. The van der Waals surface area contributed by atoms with Gasteiger partial charge in [-0.25, -0.2) is 4.79 Å². The average molecular weight is 289 g/mol. The van der Waals surface area contributed by atoms with E-state index in [-0.39, 0.29) is 6.03 Å². The Kier molecular flexibility index (Phi) is 5.62. The van der Waals surface area contributed by atoms with Crippen molar-refractivity contribution in [2.45, 2.75) is 33.6 Å². The molecular weight excluding hydrogens is 262 g/mol. The number of nitrogens with one attached hydrogen (secondary N) is 1. The summed E-state index contributed by atoms with van der Waals surface area (Å²) in [6.07, 6.45) is 2.47. The van der Waals surface area contributed by atoms with Crippen molar-refractivity contribution in [2.75, 3.05) is 38.0 Å². The Balaban J connectivity index is 1.84. The first-order chi connectivity index (χ1) is 10.1. The zero-order valence-electron chi connectivity index (χ0n) is 13.5. The van der Waals surface area contributed by atoms with E-state index >= 15 is 0 Å². The molecule has 2 amide bonds. The zero-order chi connectivity index (χ0) is 15.2. The average Bonchev–Trinajstić information content (AvgIpc) is 2.44. The molecule has 0 aromatic heterocycles. The van der Waals surface area contributed by atoms with Crippen LogP contribution in [0.2, 0.25) is 0 Å². The van der Waals surface area contributed by atoms with Gasteiger partial charge in [0.05, 0.1) is 0 Å². The van der Waals surface area contributed by atoms with Crippen LogP contribution in [0.25, 0.3) is 0 Å². The van der Waals surface area contributed by atoms with Crippen LogP contribution in [0.15, 0.2) is 18.2 Å². The van der Waals surface area contributed by atoms with E-state index in [4.69, 9.17) is 0 Å². The molecule has 1 aliphatic heterocycles. The highest BCUT2D eigenvalue weighted by Gasteiger charge is 2.20. The molecule has 0 bridgehead atoms. The molecule has 1 aromatic rings. The number of benzene rings is 1. The largest absolute Gasteiger partial charge is 0.322 e. The Labute approximate surface area is 128 Å². The molecule has 4 heteroatoms. The second-order valence-corrected chi connectivity index (χ2v) is 5.99. The minimum absolute atomic E-state index is 0.0233. The van der Waals surface area contributed by atoms with E-state index in [0.717, 1.165) is 38.4 Å². The van der Waals surface area contributed by atoms with Gasteiger partial charge >= 0.3 is 6.03 Å². The zero-order valence-corrected chi connectivity index (χ0v) is 13.5. The Hall–Kier alpha value is -1.55. The molecule has 116 valence electrons. The van der Waals surface area contributed by atoms with Gasteiger partial charge in [0.15, 0.2) is 0 Å². The minimum Gasteiger partial charge on any atom is -0.322 e. The monoisotopic (exact) mass is 289 g/mol. The SMILES string of the molecule is CCCCN1CCN(C(=O)Nc2cc(C)cc(C)c2)CC1. The van der Waals surface area contributed by atoms with Gasteiger partial charge in [-0.05, 0) is 50.1 Å². The third kappa shape index (κ3) is 4.74. The predicted octanol–water partition coefficient (Wildman–Crippen LogP) is 3.25. The third-order valence-electron chi connectivity index (χ3n) is 3.96. The van der Waals surface area contributed by atoms with Crippen LogP contribution in [0.4, 0.5) is 10.5 Å². The maximum Gasteiger partial charge on any atom is 0.321 e. The molecule has 0 spiro atoms. The number of aryl methyl sites for hydroxylation is 2. The number of piperazine rings is 1. The number of hydrogen-bond acceptors (Lipinski definition) is 2. The number of unbranched alkanes of at least 4 members (excludes halogenated alkanes) is 1. The number of hydrogen-bond donors (Lipinski definition) is 1. The summed E-state index contributed by atoms with van der Waals surface area (Å²) < 4.78 is 0. The topological polar surface area (TPSA) is 35.6 Å². The van der Waals surface area contributed by atoms with E-state index in [1.54, 1.807) is 0 Å². The van der Waals surface area contributed by atoms with Gasteiger partial charge in [0.25, 0.3) is 0 Å². The van der Waals surface area contributed by atoms with Gasteiger partial charge in [0, 0.05) is 31.9 Å². The Morgan fingerprint density at radius 2 is 1.71 bits per heavy atom. The number of carbonyl (C=O) groups excluding carboxylic acids is 1. The molecule has 0 unspecified atom stereocenters. The maximum absolute atomic E-state index is 12.3. The molecule has 0 radical (unpaired) electrons. The van der Waals surface area contributed by atoms with Crippen molar-refractivity contribution < 1.29 is 4.79 Å². The molecule has 0 atom stereocenters. The van der Waals surface area contributed by atoms with Crippen LogP contribution in [0, 0.1) is 13.8 Å². The molecule has 1 saturated heterocycles. The molecule has 1 aliphatic rings. The summed E-state index contributed by atoms with van der Waals surface area (Å²) in [5.41, 5.74) is 3.25. The van der Waals surface area contributed by atoms with Crippen LogP contribution in [0.1, 0.15) is 30.9 Å². The highest BCUT2D eigenvalue weighted by molar-refractivity contribution is 5.89. The van der Waals surface area contributed by atoms with Crippen molar-refractivity contribution in [1.82, 2.24) is 9.80 Å². The molecule has 21 heavy (non-hydrogen) atoms. The number of nitrogens with zero attached hydrogens (tertiary/aromatic N) is 2. The van der Waals surface area contributed by atoms with Crippen molar-refractivity contribution in [3.63, 3.8) is 0 Å². The molecule has 1 N–H and O–H groups in total. The van der Waals surface area contributed by atoms with E-state index in [9.17, 15) is 4.79 Å². The van der Waals surface area contributed by atoms with E-state index < -0.39 is 0 Å². The van der Waals surface area contributed by atoms with Crippen molar-refractivity contribution in [2.24, 2.45) is 0 Å². The van der Waals surface area contributed by atoms with Gasteiger partial charge in [-0.2, -0.15) is 0 Å². The van der Waals surface area contributed by atoms with Gasteiger partial charge in [-0.15, -0.1) is 0 Å². The highest BCUT2D eigenvalue weighted by atomic mass is 16.2. The van der Waals surface area contributed by atoms with Crippen LogP contribution >= 0.6 is 0 Å². The first-order valence-corrected chi connectivity index (χ1v) is 7.95. The van der Waals surface area contributed by atoms with Gasteiger partial charge in [0.2, 0.25) is 0 Å². The summed E-state index contributed by atoms with van der Waals surface area (Å²) in [4.78, 5) is 16.7. The van der Waals surface area contributed by atoms with E-state index in [0.29, 0.717) is 0 Å². The number of carbonyl (C=O) groups is 1. The molecule has 2 rings (SSSR count). The van der Waals surface area contributed by atoms with Crippen molar-refractivity contribution in [3.8, 4) is 0 Å². The van der Waals surface area contributed by atoms with Gasteiger partial charge in [-0.3, -0.25) is 4.90 Å². The summed E-state index contributed by atoms with van der Waals surface area (Å²) in [7, 11) is 0. The maximum atomic E-state index is 12.3. The van der Waals surface area contributed by atoms with Crippen LogP contribution < -0.4 is 5.32 Å². The van der Waals surface area contributed by atoms with Gasteiger partial charge in [-0.1, -0.05) is 19.4 Å². The van der Waals surface area contributed by atoms with E-state index in [2.05, 4.69) is 37.1 Å². The fourth-order valence-electron chi connectivity index (χ4n) is 2.81. The van der Waals surface area contributed by atoms with Gasteiger partial charge in [0.1, 0.15) is 0 Å². The summed E-state index contributed by atoms with van der Waals surface area (Å²) in [5.74, 6) is 0. The molecule has 1 fully saturated rings.